The number of carbonyl (C=O) groups is 3. The van der Waals surface area contributed by atoms with Crippen LogP contribution in [0.1, 0.15) is 55.7 Å². The molecule has 268 valence electrons. The number of sulfonamides is 1. The zero-order chi connectivity index (χ0) is 35.5. The number of benzene rings is 2. The molecule has 5 rings (SSSR count). The Labute approximate surface area is 289 Å². The van der Waals surface area contributed by atoms with Gasteiger partial charge in [-0.15, -0.1) is 0 Å². The molecule has 4 amide bonds. The van der Waals surface area contributed by atoms with Crippen LogP contribution < -0.4 is 15.8 Å². The van der Waals surface area contributed by atoms with Gasteiger partial charge in [0.25, 0.3) is 0 Å². The van der Waals surface area contributed by atoms with Gasteiger partial charge in [0.15, 0.2) is 0 Å². The molecular formula is C33H42ClF3N6O5S. The molecule has 0 spiro atoms. The van der Waals surface area contributed by atoms with Crippen LogP contribution in [0, 0.1) is 5.92 Å². The normalized spacial score (nSPS) is 18.9. The Kier molecular flexibility index (Phi) is 11.3. The Hall–Kier alpha value is -3.56. The summed E-state index contributed by atoms with van der Waals surface area (Å²) >= 11 is 6.09. The molecule has 0 aromatic heterocycles. The van der Waals surface area contributed by atoms with E-state index >= 15 is 0 Å². The Morgan fingerprint density at radius 1 is 1.04 bits per heavy atom. The van der Waals surface area contributed by atoms with E-state index in [1.807, 2.05) is 24.3 Å². The monoisotopic (exact) mass is 726 g/mol. The SMILES string of the molecule is CCS(=O)(=O)NC1CCN(C(=O)C(CC(=O)N2CCC(N3CCc4ccccc4NC3=O)CC2)Cc2cc(Cl)c(N)c(C(F)(F)F)c2)CC1. The number of alkyl halides is 3. The van der Waals surface area contributed by atoms with Crippen molar-refractivity contribution in [3.05, 3.63) is 58.1 Å². The molecule has 1 atom stereocenters. The fraction of sp³-hybridized carbons (Fsp3) is 0.545. The number of piperidine rings is 2. The van der Waals surface area contributed by atoms with Crippen molar-refractivity contribution in [2.75, 3.05) is 49.5 Å². The number of halogens is 4. The topological polar surface area (TPSA) is 145 Å². The second kappa shape index (κ2) is 15.1. The molecule has 0 aliphatic carbocycles. The molecule has 2 aromatic rings. The highest BCUT2D eigenvalue weighted by molar-refractivity contribution is 7.89. The van der Waals surface area contributed by atoms with Gasteiger partial charge in [0.1, 0.15) is 0 Å². The van der Waals surface area contributed by atoms with Crippen LogP contribution in [-0.2, 0) is 38.6 Å². The minimum Gasteiger partial charge on any atom is -0.397 e. The minimum absolute atomic E-state index is 0.0723. The number of carbonyl (C=O) groups excluding carboxylic acids is 3. The summed E-state index contributed by atoms with van der Waals surface area (Å²) in [6.07, 6.45) is -2.69. The second-order valence-electron chi connectivity index (χ2n) is 12.9. The van der Waals surface area contributed by atoms with Crippen LogP contribution in [0.5, 0.6) is 0 Å². The summed E-state index contributed by atoms with van der Waals surface area (Å²) in [4.78, 5) is 45.6. The minimum atomic E-state index is -4.77. The number of nitrogen functional groups attached to an aromatic ring is 1. The molecule has 3 heterocycles. The number of anilines is 2. The summed E-state index contributed by atoms with van der Waals surface area (Å²) < 4.78 is 68.0. The van der Waals surface area contributed by atoms with Crippen molar-refractivity contribution in [3.63, 3.8) is 0 Å². The number of para-hydroxylation sites is 1. The number of nitrogens with zero attached hydrogens (tertiary/aromatic N) is 3. The third-order valence-electron chi connectivity index (χ3n) is 9.68. The smallest absolute Gasteiger partial charge is 0.397 e. The lowest BCUT2D eigenvalue weighted by Gasteiger charge is -2.38. The maximum Gasteiger partial charge on any atom is 0.418 e. The van der Waals surface area contributed by atoms with Crippen molar-refractivity contribution in [1.82, 2.24) is 19.4 Å². The zero-order valence-electron chi connectivity index (χ0n) is 27.3. The largest absolute Gasteiger partial charge is 0.418 e. The van der Waals surface area contributed by atoms with Gasteiger partial charge in [0, 0.05) is 56.9 Å². The van der Waals surface area contributed by atoms with Crippen LogP contribution in [-0.4, -0.2) is 91.5 Å². The number of nitrogens with one attached hydrogen (secondary N) is 2. The second-order valence-corrected chi connectivity index (χ2v) is 15.4. The van der Waals surface area contributed by atoms with Crippen LogP contribution in [0.4, 0.5) is 29.3 Å². The number of nitrogens with two attached hydrogens (primary N) is 1. The first-order valence-electron chi connectivity index (χ1n) is 16.5. The van der Waals surface area contributed by atoms with Crippen LogP contribution >= 0.6 is 11.6 Å². The molecule has 49 heavy (non-hydrogen) atoms. The van der Waals surface area contributed by atoms with E-state index in [2.05, 4.69) is 10.0 Å². The first-order chi connectivity index (χ1) is 23.1. The average Bonchev–Trinajstić information content (AvgIpc) is 3.23. The standard InChI is InChI=1S/C33H42ClF3N6O5S/c1-2-49(47,48)40-24-8-12-42(13-9-24)31(45)23(17-21-18-26(33(35,36)37)30(38)27(34)19-21)20-29(44)41-14-10-25(11-15-41)43-16-7-22-5-3-4-6-28(22)39-32(43)46/h3-6,18-19,23-25,40H,2,7-17,20,38H2,1H3,(H,39,46). The van der Waals surface area contributed by atoms with Crippen molar-refractivity contribution < 1.29 is 36.0 Å². The lowest BCUT2D eigenvalue weighted by atomic mass is 9.91. The lowest BCUT2D eigenvalue weighted by Crippen LogP contribution is -2.51. The summed E-state index contributed by atoms with van der Waals surface area (Å²) in [7, 11) is -3.44. The van der Waals surface area contributed by atoms with E-state index in [0.29, 0.717) is 51.7 Å². The Bertz CT molecular complexity index is 1660. The van der Waals surface area contributed by atoms with Gasteiger partial charge in [-0.2, -0.15) is 13.2 Å². The number of likely N-dealkylation sites (tertiary alicyclic amines) is 2. The average molecular weight is 727 g/mol. The molecule has 3 aliphatic heterocycles. The number of fused-ring (bicyclic) bond motifs is 1. The molecule has 11 nitrogen and oxygen atoms in total. The van der Waals surface area contributed by atoms with E-state index in [1.165, 1.54) is 13.0 Å². The van der Waals surface area contributed by atoms with Gasteiger partial charge in [-0.1, -0.05) is 29.8 Å². The van der Waals surface area contributed by atoms with Crippen molar-refractivity contribution in [2.24, 2.45) is 5.92 Å². The zero-order valence-corrected chi connectivity index (χ0v) is 28.8. The fourth-order valence-corrected chi connectivity index (χ4v) is 8.03. The number of hydrogen-bond acceptors (Lipinski definition) is 6. The van der Waals surface area contributed by atoms with Gasteiger partial charge in [0.2, 0.25) is 21.8 Å². The Balaban J connectivity index is 1.27. The first-order valence-corrected chi connectivity index (χ1v) is 18.6. The van der Waals surface area contributed by atoms with Crippen LogP contribution in [0.2, 0.25) is 5.02 Å². The van der Waals surface area contributed by atoms with E-state index in [1.54, 1.807) is 14.7 Å². The lowest BCUT2D eigenvalue weighted by molar-refractivity contribution is -0.142. The molecular weight excluding hydrogens is 685 g/mol. The molecule has 0 radical (unpaired) electrons. The summed E-state index contributed by atoms with van der Waals surface area (Å²) in [5.74, 6) is -1.78. The van der Waals surface area contributed by atoms with Gasteiger partial charge in [-0.25, -0.2) is 17.9 Å². The molecule has 2 aromatic carbocycles. The van der Waals surface area contributed by atoms with Gasteiger partial charge in [-0.05, 0) is 74.8 Å². The third-order valence-corrected chi connectivity index (χ3v) is 11.4. The molecule has 16 heteroatoms. The van der Waals surface area contributed by atoms with E-state index in [4.69, 9.17) is 17.3 Å². The summed E-state index contributed by atoms with van der Waals surface area (Å²) in [6.45, 7) is 3.24. The number of hydrogen-bond donors (Lipinski definition) is 3. The summed E-state index contributed by atoms with van der Waals surface area (Å²) in [6, 6.07) is 9.19. The number of rotatable bonds is 9. The van der Waals surface area contributed by atoms with Crippen molar-refractivity contribution in [1.29, 1.82) is 0 Å². The molecule has 4 N–H and O–H groups in total. The molecule has 0 bridgehead atoms. The van der Waals surface area contributed by atoms with Gasteiger partial charge in [-0.3, -0.25) is 9.59 Å². The molecule has 2 fully saturated rings. The van der Waals surface area contributed by atoms with Crippen LogP contribution in [0.25, 0.3) is 0 Å². The molecule has 2 saturated heterocycles. The van der Waals surface area contributed by atoms with E-state index in [0.717, 1.165) is 17.3 Å². The van der Waals surface area contributed by atoms with E-state index < -0.39 is 39.3 Å². The van der Waals surface area contributed by atoms with E-state index in [-0.39, 0.29) is 66.3 Å². The predicted octanol–water partition coefficient (Wildman–Crippen LogP) is 4.50. The van der Waals surface area contributed by atoms with Crippen LogP contribution in [0.15, 0.2) is 36.4 Å². The van der Waals surface area contributed by atoms with Gasteiger partial charge in [0.05, 0.1) is 27.9 Å². The third kappa shape index (κ3) is 8.97. The van der Waals surface area contributed by atoms with Crippen molar-refractivity contribution in [3.8, 4) is 0 Å². The highest BCUT2D eigenvalue weighted by Gasteiger charge is 2.37. The maximum atomic E-state index is 13.9. The van der Waals surface area contributed by atoms with Crippen molar-refractivity contribution >= 4 is 50.8 Å². The maximum absolute atomic E-state index is 13.9. The fourth-order valence-electron chi connectivity index (χ4n) is 6.88. The molecule has 3 aliphatic rings. The Morgan fingerprint density at radius 3 is 2.35 bits per heavy atom. The molecule has 0 saturated carbocycles. The highest BCUT2D eigenvalue weighted by Crippen LogP contribution is 2.38. The first kappa shape index (κ1) is 36.7. The predicted molar refractivity (Wildman–Crippen MR) is 180 cm³/mol. The highest BCUT2D eigenvalue weighted by atomic mass is 35.5. The van der Waals surface area contributed by atoms with E-state index in [9.17, 15) is 36.0 Å². The van der Waals surface area contributed by atoms with Gasteiger partial charge < -0.3 is 25.8 Å². The van der Waals surface area contributed by atoms with Crippen LogP contribution in [0.3, 0.4) is 0 Å². The van der Waals surface area contributed by atoms with Gasteiger partial charge >= 0.3 is 12.2 Å². The Morgan fingerprint density at radius 2 is 1.69 bits per heavy atom. The number of urea groups is 1. The quantitative estimate of drug-likeness (QED) is 0.325. The number of amides is 4. The summed E-state index contributed by atoms with van der Waals surface area (Å²) in [5.41, 5.74) is 5.87. The van der Waals surface area contributed by atoms with Crippen molar-refractivity contribution in [2.45, 2.75) is 70.1 Å². The molecule has 1 unspecified atom stereocenters. The summed E-state index contributed by atoms with van der Waals surface area (Å²) in [5, 5.41) is 2.68.